The van der Waals surface area contributed by atoms with Crippen LogP contribution in [0.4, 0.5) is 20.2 Å². The Balaban J connectivity index is 2.42. The van der Waals surface area contributed by atoms with Gasteiger partial charge in [0, 0.05) is 12.6 Å². The fraction of sp³-hybridized carbons (Fsp3) is 0.0714. The molecule has 0 saturated carbocycles. The molecule has 3 nitrogen and oxygen atoms in total. The summed E-state index contributed by atoms with van der Waals surface area (Å²) in [5, 5.41) is 7.25. The molecule has 3 N–H and O–H groups in total. The minimum atomic E-state index is -0.557. The number of hydrogen-bond acceptors (Lipinski definition) is 2. The number of hydrogen-bond donors (Lipinski definition) is 2. The summed E-state index contributed by atoms with van der Waals surface area (Å²) in [6.07, 6.45) is 0. The number of nitrogens with zero attached hydrogens (tertiary/aromatic N) is 1. The molecule has 0 bridgehead atoms. The van der Waals surface area contributed by atoms with E-state index in [-0.39, 0.29) is 17.2 Å². The number of nitrogens with two attached hydrogens (primary N) is 1. The molecule has 0 aliphatic heterocycles. The van der Waals surface area contributed by atoms with Crippen LogP contribution >= 0.6 is 0 Å². The van der Waals surface area contributed by atoms with Crippen LogP contribution in [0, 0.1) is 17.0 Å². The van der Waals surface area contributed by atoms with Gasteiger partial charge in [0.1, 0.15) is 17.5 Å². The predicted molar refractivity (Wildman–Crippen MR) is 71.9 cm³/mol. The molecular formula is C14H13F2N3. The number of halogens is 2. The van der Waals surface area contributed by atoms with Crippen LogP contribution in [0.5, 0.6) is 0 Å². The van der Waals surface area contributed by atoms with Gasteiger partial charge in [0.15, 0.2) is 0 Å². The average molecular weight is 261 g/mol. The van der Waals surface area contributed by atoms with Crippen molar-refractivity contribution in [3.05, 3.63) is 59.7 Å². The number of nitrogens with one attached hydrogen (secondary N) is 1. The smallest absolute Gasteiger partial charge is 0.147 e. The maximum absolute atomic E-state index is 14.0. The average Bonchev–Trinajstić information content (AvgIpc) is 2.38. The van der Waals surface area contributed by atoms with E-state index in [4.69, 9.17) is 11.1 Å². The highest BCUT2D eigenvalue weighted by atomic mass is 19.1. The van der Waals surface area contributed by atoms with E-state index in [1.807, 2.05) is 0 Å². The van der Waals surface area contributed by atoms with E-state index in [2.05, 4.69) is 0 Å². The van der Waals surface area contributed by atoms with Crippen LogP contribution in [0.2, 0.25) is 0 Å². The van der Waals surface area contributed by atoms with Crippen molar-refractivity contribution in [1.82, 2.24) is 0 Å². The SMILES string of the molecule is CN(c1ccccc1F)c1ccc(C(=N)N)cc1F. The summed E-state index contributed by atoms with van der Waals surface area (Å²) in [5.41, 5.74) is 6.07. The molecule has 0 aliphatic rings. The Bertz CT molecular complexity index is 626. The van der Waals surface area contributed by atoms with Crippen molar-refractivity contribution in [2.24, 2.45) is 5.73 Å². The Kier molecular flexibility index (Phi) is 3.46. The summed E-state index contributed by atoms with van der Waals surface area (Å²) in [4.78, 5) is 1.41. The van der Waals surface area contributed by atoms with Crippen molar-refractivity contribution in [1.29, 1.82) is 5.41 Å². The monoisotopic (exact) mass is 261 g/mol. The van der Waals surface area contributed by atoms with Crippen LogP contribution in [-0.2, 0) is 0 Å². The van der Waals surface area contributed by atoms with Crippen LogP contribution in [0.1, 0.15) is 5.56 Å². The summed E-state index contributed by atoms with van der Waals surface area (Å²) in [7, 11) is 1.57. The first-order valence-corrected chi connectivity index (χ1v) is 5.63. The van der Waals surface area contributed by atoms with E-state index in [1.54, 1.807) is 25.2 Å². The van der Waals surface area contributed by atoms with Crippen molar-refractivity contribution in [3.8, 4) is 0 Å². The topological polar surface area (TPSA) is 53.1 Å². The molecule has 0 amide bonds. The van der Waals surface area contributed by atoms with Gasteiger partial charge >= 0.3 is 0 Å². The number of para-hydroxylation sites is 1. The lowest BCUT2D eigenvalue weighted by atomic mass is 10.1. The molecular weight excluding hydrogens is 248 g/mol. The first kappa shape index (κ1) is 13.0. The van der Waals surface area contributed by atoms with E-state index in [1.165, 1.54) is 23.1 Å². The first-order chi connectivity index (χ1) is 9.00. The van der Waals surface area contributed by atoms with Crippen LogP contribution in [0.15, 0.2) is 42.5 Å². The van der Waals surface area contributed by atoms with Crippen LogP contribution in [0.3, 0.4) is 0 Å². The molecule has 0 radical (unpaired) electrons. The van der Waals surface area contributed by atoms with Gasteiger partial charge in [-0.2, -0.15) is 0 Å². The third-order valence-electron chi connectivity index (χ3n) is 2.83. The maximum Gasteiger partial charge on any atom is 0.147 e. The van der Waals surface area contributed by atoms with Gasteiger partial charge in [0.25, 0.3) is 0 Å². The Morgan fingerprint density at radius 1 is 1.05 bits per heavy atom. The van der Waals surface area contributed by atoms with Crippen LogP contribution in [-0.4, -0.2) is 12.9 Å². The second kappa shape index (κ2) is 5.06. The highest BCUT2D eigenvalue weighted by Gasteiger charge is 2.13. The van der Waals surface area contributed by atoms with Crippen molar-refractivity contribution in [2.75, 3.05) is 11.9 Å². The molecule has 0 spiro atoms. The number of rotatable bonds is 3. The minimum absolute atomic E-state index is 0.209. The molecule has 2 aromatic carbocycles. The number of nitrogen functional groups attached to an aromatic ring is 1. The molecule has 98 valence electrons. The lowest BCUT2D eigenvalue weighted by molar-refractivity contribution is 0.617. The van der Waals surface area contributed by atoms with Gasteiger partial charge in [0.2, 0.25) is 0 Å². The zero-order valence-electron chi connectivity index (χ0n) is 10.3. The minimum Gasteiger partial charge on any atom is -0.384 e. The van der Waals surface area contributed by atoms with Crippen LogP contribution < -0.4 is 10.6 Å². The molecule has 5 heteroatoms. The van der Waals surface area contributed by atoms with Gasteiger partial charge in [-0.15, -0.1) is 0 Å². The Morgan fingerprint density at radius 2 is 1.68 bits per heavy atom. The molecule has 0 atom stereocenters. The van der Waals surface area contributed by atoms with Gasteiger partial charge in [0.05, 0.1) is 11.4 Å². The van der Waals surface area contributed by atoms with Crippen molar-refractivity contribution in [2.45, 2.75) is 0 Å². The van der Waals surface area contributed by atoms with Gasteiger partial charge in [-0.25, -0.2) is 8.78 Å². The fourth-order valence-electron chi connectivity index (χ4n) is 1.80. The van der Waals surface area contributed by atoms with Crippen molar-refractivity contribution >= 4 is 17.2 Å². The largest absolute Gasteiger partial charge is 0.384 e. The van der Waals surface area contributed by atoms with E-state index in [0.29, 0.717) is 5.56 Å². The van der Waals surface area contributed by atoms with Gasteiger partial charge in [-0.1, -0.05) is 12.1 Å². The molecule has 0 heterocycles. The number of anilines is 2. The molecule has 2 rings (SSSR count). The lowest BCUT2D eigenvalue weighted by Gasteiger charge is -2.21. The summed E-state index contributed by atoms with van der Waals surface area (Å²) in [6.45, 7) is 0. The van der Waals surface area contributed by atoms with Crippen molar-refractivity contribution in [3.63, 3.8) is 0 Å². The third kappa shape index (κ3) is 2.54. The Labute approximate surface area is 109 Å². The van der Waals surface area contributed by atoms with E-state index >= 15 is 0 Å². The molecule has 0 unspecified atom stereocenters. The van der Waals surface area contributed by atoms with E-state index in [9.17, 15) is 8.78 Å². The highest BCUT2D eigenvalue weighted by molar-refractivity contribution is 5.95. The van der Waals surface area contributed by atoms with E-state index < -0.39 is 11.6 Å². The van der Waals surface area contributed by atoms with E-state index in [0.717, 1.165) is 6.07 Å². The summed E-state index contributed by atoms with van der Waals surface area (Å²) >= 11 is 0. The van der Waals surface area contributed by atoms with Gasteiger partial charge in [-0.3, -0.25) is 5.41 Å². The molecule has 0 aromatic heterocycles. The highest BCUT2D eigenvalue weighted by Crippen LogP contribution is 2.28. The molecule has 0 saturated heterocycles. The Morgan fingerprint density at radius 3 is 2.26 bits per heavy atom. The lowest BCUT2D eigenvalue weighted by Crippen LogP contribution is -2.15. The van der Waals surface area contributed by atoms with Gasteiger partial charge < -0.3 is 10.6 Å². The first-order valence-electron chi connectivity index (χ1n) is 5.63. The zero-order valence-corrected chi connectivity index (χ0v) is 10.3. The molecule has 0 aliphatic carbocycles. The maximum atomic E-state index is 14.0. The fourth-order valence-corrected chi connectivity index (χ4v) is 1.80. The number of amidine groups is 1. The molecule has 2 aromatic rings. The third-order valence-corrected chi connectivity index (χ3v) is 2.83. The quantitative estimate of drug-likeness (QED) is 0.659. The van der Waals surface area contributed by atoms with Crippen molar-refractivity contribution < 1.29 is 8.78 Å². The van der Waals surface area contributed by atoms with Gasteiger partial charge in [-0.05, 0) is 30.3 Å². The predicted octanol–water partition coefficient (Wildman–Crippen LogP) is 3.02. The second-order valence-electron chi connectivity index (χ2n) is 4.09. The summed E-state index contributed by atoms with van der Waals surface area (Å²) in [5.74, 6) is -1.20. The summed E-state index contributed by atoms with van der Waals surface area (Å²) in [6, 6.07) is 10.3. The normalized spacial score (nSPS) is 10.3. The second-order valence-corrected chi connectivity index (χ2v) is 4.09. The Hall–Kier alpha value is -2.43. The summed E-state index contributed by atoms with van der Waals surface area (Å²) < 4.78 is 27.6. The number of benzene rings is 2. The molecule has 19 heavy (non-hydrogen) atoms. The van der Waals surface area contributed by atoms with Crippen LogP contribution in [0.25, 0.3) is 0 Å². The zero-order chi connectivity index (χ0) is 14.0. The standard InChI is InChI=1S/C14H13F2N3/c1-19(12-5-3-2-4-10(12)15)13-7-6-9(14(17)18)8-11(13)16/h2-8H,1H3,(H3,17,18). The molecule has 0 fully saturated rings.